The minimum absolute atomic E-state index is 0.0504. The number of nitrogens with two attached hydrogens (primary N) is 1. The zero-order chi connectivity index (χ0) is 10.7. The van der Waals surface area contributed by atoms with Crippen LogP contribution in [0.2, 0.25) is 0 Å². The Balaban J connectivity index is 2.53. The first kappa shape index (κ1) is 11.0. The zero-order valence-corrected chi connectivity index (χ0v) is 8.19. The summed E-state index contributed by atoms with van der Waals surface area (Å²) in [5.74, 6) is -0.144. The van der Waals surface area contributed by atoms with Crippen molar-refractivity contribution in [2.45, 2.75) is 38.3 Å². The molecule has 0 heterocycles. The van der Waals surface area contributed by atoms with E-state index in [1.54, 1.807) is 0 Å². The third-order valence-electron chi connectivity index (χ3n) is 2.75. The van der Waals surface area contributed by atoms with Gasteiger partial charge < -0.3 is 16.2 Å². The molecule has 1 unspecified atom stereocenters. The summed E-state index contributed by atoms with van der Waals surface area (Å²) in [6.07, 6.45) is 0.919. The fourth-order valence-corrected chi connectivity index (χ4v) is 1.97. The molecule has 0 aromatic carbocycles. The molecule has 14 heavy (non-hydrogen) atoms. The Kier molecular flexibility index (Phi) is 3.46. The van der Waals surface area contributed by atoms with E-state index in [1.165, 1.54) is 6.92 Å². The van der Waals surface area contributed by atoms with Crippen molar-refractivity contribution in [3.63, 3.8) is 0 Å². The minimum Gasteiger partial charge on any atom is -0.465 e. The Labute approximate surface area is 82.7 Å². The van der Waals surface area contributed by atoms with Gasteiger partial charge in [-0.2, -0.15) is 0 Å². The molecule has 4 N–H and O–H groups in total. The van der Waals surface area contributed by atoms with Gasteiger partial charge in [-0.05, 0) is 26.2 Å². The third kappa shape index (κ3) is 2.70. The first-order valence-electron chi connectivity index (χ1n) is 4.76. The van der Waals surface area contributed by atoms with Crippen LogP contribution in [0.15, 0.2) is 0 Å². The van der Waals surface area contributed by atoms with Crippen LogP contribution in [0.1, 0.15) is 26.2 Å². The lowest BCUT2D eigenvalue weighted by Gasteiger charge is -2.32. The molecule has 1 saturated carbocycles. The van der Waals surface area contributed by atoms with Gasteiger partial charge in [0.05, 0.1) is 0 Å². The summed E-state index contributed by atoms with van der Waals surface area (Å²) in [5.41, 5.74) is 5.78. The highest BCUT2D eigenvalue weighted by atomic mass is 16.4. The van der Waals surface area contributed by atoms with Crippen LogP contribution in [0.5, 0.6) is 0 Å². The van der Waals surface area contributed by atoms with Gasteiger partial charge in [0.15, 0.2) is 0 Å². The van der Waals surface area contributed by atoms with Gasteiger partial charge in [-0.1, -0.05) is 0 Å². The largest absolute Gasteiger partial charge is 0.465 e. The summed E-state index contributed by atoms with van der Waals surface area (Å²) < 4.78 is 0. The van der Waals surface area contributed by atoms with E-state index < -0.39 is 6.09 Å². The fourth-order valence-electron chi connectivity index (χ4n) is 1.97. The van der Waals surface area contributed by atoms with Crippen LogP contribution in [0.3, 0.4) is 0 Å². The summed E-state index contributed by atoms with van der Waals surface area (Å²) in [7, 11) is 0. The molecular weight excluding hydrogens is 184 g/mol. The van der Waals surface area contributed by atoms with Crippen LogP contribution in [0.4, 0.5) is 4.79 Å². The molecular formula is C9H16N2O3. The summed E-state index contributed by atoms with van der Waals surface area (Å²) in [4.78, 5) is 21.6. The first-order valence-corrected chi connectivity index (χ1v) is 4.76. The van der Waals surface area contributed by atoms with E-state index in [-0.39, 0.29) is 23.8 Å². The Bertz CT molecular complexity index is 242. The number of carboxylic acid groups (broad SMARTS) is 1. The third-order valence-corrected chi connectivity index (χ3v) is 2.75. The summed E-state index contributed by atoms with van der Waals surface area (Å²) in [6, 6.07) is -0.236. The van der Waals surface area contributed by atoms with Gasteiger partial charge >= 0.3 is 6.09 Å². The van der Waals surface area contributed by atoms with Crippen molar-refractivity contribution in [1.29, 1.82) is 0 Å². The van der Waals surface area contributed by atoms with Gasteiger partial charge in [-0.25, -0.2) is 4.79 Å². The molecule has 80 valence electrons. The fraction of sp³-hybridized carbons (Fsp3) is 0.778. The first-order chi connectivity index (χ1) is 6.50. The lowest BCUT2D eigenvalue weighted by atomic mass is 9.80. The van der Waals surface area contributed by atoms with Crippen molar-refractivity contribution >= 4 is 11.9 Å². The number of carbonyl (C=O) groups is 2. The molecule has 1 aliphatic rings. The Hall–Kier alpha value is -1.10. The van der Waals surface area contributed by atoms with Crippen molar-refractivity contribution < 1.29 is 14.7 Å². The molecule has 1 rings (SSSR count). The predicted molar refractivity (Wildman–Crippen MR) is 50.9 cm³/mol. The molecule has 3 atom stereocenters. The maximum atomic E-state index is 11.2. The maximum Gasteiger partial charge on any atom is 0.404 e. The van der Waals surface area contributed by atoms with Crippen molar-refractivity contribution in [2.24, 2.45) is 11.7 Å². The van der Waals surface area contributed by atoms with E-state index in [2.05, 4.69) is 5.32 Å². The van der Waals surface area contributed by atoms with Crippen molar-refractivity contribution in [3.8, 4) is 0 Å². The van der Waals surface area contributed by atoms with Gasteiger partial charge in [0.1, 0.15) is 5.78 Å². The van der Waals surface area contributed by atoms with Crippen LogP contribution in [0.25, 0.3) is 0 Å². The molecule has 5 nitrogen and oxygen atoms in total. The molecule has 1 amide bonds. The summed E-state index contributed by atoms with van der Waals surface area (Å²) in [6.45, 7) is 1.51. The number of rotatable bonds is 2. The highest BCUT2D eigenvalue weighted by molar-refractivity contribution is 5.79. The quantitative estimate of drug-likeness (QED) is 0.599. The molecule has 0 spiro atoms. The molecule has 0 aromatic rings. The van der Waals surface area contributed by atoms with E-state index in [0.29, 0.717) is 12.8 Å². The van der Waals surface area contributed by atoms with Gasteiger partial charge in [0.25, 0.3) is 0 Å². The molecule has 0 aliphatic heterocycles. The average molecular weight is 200 g/mol. The van der Waals surface area contributed by atoms with Gasteiger partial charge in [-0.3, -0.25) is 4.79 Å². The highest BCUT2D eigenvalue weighted by Gasteiger charge is 2.31. The van der Waals surface area contributed by atoms with Gasteiger partial charge in [0.2, 0.25) is 0 Å². The van der Waals surface area contributed by atoms with E-state index >= 15 is 0 Å². The molecule has 0 saturated heterocycles. The molecule has 1 fully saturated rings. The van der Waals surface area contributed by atoms with E-state index in [9.17, 15) is 9.59 Å². The second-order valence-corrected chi connectivity index (χ2v) is 3.84. The van der Waals surface area contributed by atoms with Gasteiger partial charge in [0, 0.05) is 18.0 Å². The number of hydrogen-bond acceptors (Lipinski definition) is 3. The standard InChI is InChI=1S/C9H16N2O3/c1-5(12)7-4-6(11-9(13)14)2-3-8(7)10/h6-8,11H,2-4,10H2,1H3,(H,13,14)/t6?,7-,8-/m0/s1. The lowest BCUT2D eigenvalue weighted by molar-refractivity contribution is -0.122. The van der Waals surface area contributed by atoms with Gasteiger partial charge in [-0.15, -0.1) is 0 Å². The lowest BCUT2D eigenvalue weighted by Crippen LogP contribution is -2.47. The molecule has 0 radical (unpaired) electrons. The Morgan fingerprint density at radius 3 is 2.57 bits per heavy atom. The highest BCUT2D eigenvalue weighted by Crippen LogP contribution is 2.24. The normalized spacial score (nSPS) is 32.3. The second-order valence-electron chi connectivity index (χ2n) is 3.84. The molecule has 1 aliphatic carbocycles. The summed E-state index contributed by atoms with van der Waals surface area (Å²) in [5, 5.41) is 10.9. The van der Waals surface area contributed by atoms with Crippen LogP contribution >= 0.6 is 0 Å². The van der Waals surface area contributed by atoms with E-state index in [0.717, 1.165) is 6.42 Å². The van der Waals surface area contributed by atoms with E-state index in [4.69, 9.17) is 10.8 Å². The number of hydrogen-bond donors (Lipinski definition) is 3. The smallest absolute Gasteiger partial charge is 0.404 e. The molecule has 0 bridgehead atoms. The SMILES string of the molecule is CC(=O)[C@@H]1CC(NC(=O)O)CC[C@@H]1N. The molecule has 5 heteroatoms. The summed E-state index contributed by atoms with van der Waals surface area (Å²) >= 11 is 0. The van der Waals surface area contributed by atoms with Crippen LogP contribution in [0, 0.1) is 5.92 Å². The average Bonchev–Trinajstić information content (AvgIpc) is 2.07. The number of amides is 1. The maximum absolute atomic E-state index is 11.2. The van der Waals surface area contributed by atoms with Crippen molar-refractivity contribution in [2.75, 3.05) is 0 Å². The monoisotopic (exact) mass is 200 g/mol. The number of ketones is 1. The Morgan fingerprint density at radius 1 is 1.43 bits per heavy atom. The van der Waals surface area contributed by atoms with Crippen LogP contribution < -0.4 is 11.1 Å². The zero-order valence-electron chi connectivity index (χ0n) is 8.19. The minimum atomic E-state index is -1.03. The predicted octanol–water partition coefficient (Wildman–Crippen LogP) is 0.339. The molecule has 0 aromatic heterocycles. The number of Topliss-reactive ketones (excluding diaryl/α,β-unsaturated/α-hetero) is 1. The topological polar surface area (TPSA) is 92.4 Å². The number of nitrogens with one attached hydrogen (secondary N) is 1. The van der Waals surface area contributed by atoms with Crippen molar-refractivity contribution in [3.05, 3.63) is 0 Å². The van der Waals surface area contributed by atoms with Crippen LogP contribution in [-0.2, 0) is 4.79 Å². The second kappa shape index (κ2) is 4.41. The van der Waals surface area contributed by atoms with E-state index in [1.807, 2.05) is 0 Å². The number of carbonyl (C=O) groups excluding carboxylic acids is 1. The van der Waals surface area contributed by atoms with Crippen molar-refractivity contribution in [1.82, 2.24) is 5.32 Å². The van der Waals surface area contributed by atoms with Crippen LogP contribution in [-0.4, -0.2) is 29.1 Å². The Morgan fingerprint density at radius 2 is 2.07 bits per heavy atom.